The van der Waals surface area contributed by atoms with Crippen molar-refractivity contribution >= 4 is 136 Å². The third kappa shape index (κ3) is 10.6. The highest BCUT2D eigenvalue weighted by Crippen LogP contribution is 2.38. The Morgan fingerprint density at radius 2 is 0.642 bits per heavy atom. The Labute approximate surface area is 383 Å². The first kappa shape index (κ1) is 41.5. The van der Waals surface area contributed by atoms with Crippen molar-refractivity contribution in [1.29, 1.82) is 0 Å². The first-order valence-corrected chi connectivity index (χ1v) is 21.7. The van der Waals surface area contributed by atoms with E-state index in [4.69, 9.17) is 0 Å². The molecule has 14 heteroatoms. The number of hydrogen-bond donors (Lipinski definition) is 0. The van der Waals surface area contributed by atoms with E-state index in [1.54, 1.807) is 24.3 Å². The molecule has 0 atom stereocenters. The molecule has 0 saturated heterocycles. The molecule has 0 unspecified atom stereocenters. The summed E-state index contributed by atoms with van der Waals surface area (Å²) in [4.78, 5) is 0. The minimum absolute atomic E-state index is 0.257. The summed E-state index contributed by atoms with van der Waals surface area (Å²) >= 11 is 14.2. The second-order valence-corrected chi connectivity index (χ2v) is 18.5. The third-order valence-electron chi connectivity index (χ3n) is 8.04. The molecule has 53 heavy (non-hydrogen) atoms. The van der Waals surface area contributed by atoms with Crippen molar-refractivity contribution in [1.82, 2.24) is 0 Å². The van der Waals surface area contributed by atoms with Gasteiger partial charge in [-0.1, -0.05) is 48.5 Å². The van der Waals surface area contributed by atoms with Gasteiger partial charge in [-0.2, -0.15) is 0 Å². The quantitative estimate of drug-likeness (QED) is 0.112. The van der Waals surface area contributed by atoms with Crippen molar-refractivity contribution in [2.24, 2.45) is 0 Å². The van der Waals surface area contributed by atoms with Crippen LogP contribution in [-0.2, 0) is 6.42 Å². The fourth-order valence-corrected chi connectivity index (χ4v) is 11.5. The monoisotopic (exact) mass is 1400 g/mol. The zero-order valence-electron chi connectivity index (χ0n) is 26.5. The first-order valence-electron chi connectivity index (χ1n) is 15.2. The standard InChI is InChI=1S/C39H20F6I6O2/c40-38(41,42)52-26-7-1-20(2-8-26)22-5-11-28(32(46)13-22)24-15-34(48)30(35(49)16-24)19-31-36(50)17-25(18-37(31)51)29-12-6-23(14-33(29)47)21-3-9-27(10-4-21)53-39(43,44)45/h1-18H,19H2. The van der Waals surface area contributed by atoms with Crippen molar-refractivity contribution in [2.75, 3.05) is 0 Å². The lowest BCUT2D eigenvalue weighted by molar-refractivity contribution is -0.275. The molecule has 6 rings (SSSR count). The molecule has 0 bridgehead atoms. The van der Waals surface area contributed by atoms with Gasteiger partial charge in [0, 0.05) is 27.8 Å². The molecule has 6 aromatic carbocycles. The number of alkyl halides is 6. The van der Waals surface area contributed by atoms with Crippen LogP contribution in [0.1, 0.15) is 11.1 Å². The van der Waals surface area contributed by atoms with Gasteiger partial charge in [0.2, 0.25) is 0 Å². The molecule has 272 valence electrons. The maximum atomic E-state index is 12.6. The number of halogens is 12. The minimum Gasteiger partial charge on any atom is -0.406 e. The maximum Gasteiger partial charge on any atom is 0.573 e. The average Bonchev–Trinajstić information content (AvgIpc) is 3.06. The van der Waals surface area contributed by atoms with Crippen LogP contribution in [0.5, 0.6) is 11.5 Å². The molecular weight excluding hydrogens is 1380 g/mol. The molecule has 2 nitrogen and oxygen atoms in total. The fourth-order valence-electron chi connectivity index (χ4n) is 5.59. The van der Waals surface area contributed by atoms with Crippen molar-refractivity contribution < 1.29 is 35.8 Å². The van der Waals surface area contributed by atoms with Gasteiger partial charge in [-0.05, 0) is 252 Å². The summed E-state index contributed by atoms with van der Waals surface area (Å²) in [5.74, 6) is -0.513. The first-order chi connectivity index (χ1) is 24.9. The van der Waals surface area contributed by atoms with Gasteiger partial charge in [0.05, 0.1) is 0 Å². The lowest BCUT2D eigenvalue weighted by Gasteiger charge is -2.16. The molecule has 0 spiro atoms. The Balaban J connectivity index is 1.20. The van der Waals surface area contributed by atoms with E-state index in [1.165, 1.54) is 35.4 Å². The molecule has 0 saturated carbocycles. The van der Waals surface area contributed by atoms with Crippen LogP contribution >= 0.6 is 136 Å². The zero-order chi connectivity index (χ0) is 38.2. The lowest BCUT2D eigenvalue weighted by atomic mass is 9.96. The molecule has 0 N–H and O–H groups in total. The molecule has 6 aromatic rings. The van der Waals surface area contributed by atoms with Gasteiger partial charge in [-0.25, -0.2) is 0 Å². The van der Waals surface area contributed by atoms with Gasteiger partial charge < -0.3 is 9.47 Å². The largest absolute Gasteiger partial charge is 0.573 e. The van der Waals surface area contributed by atoms with E-state index in [0.717, 1.165) is 72.3 Å². The highest BCUT2D eigenvalue weighted by molar-refractivity contribution is 14.1. The Bertz CT molecular complexity index is 2100. The Hall–Kier alpha value is -1.12. The summed E-state index contributed by atoms with van der Waals surface area (Å²) in [7, 11) is 0. The van der Waals surface area contributed by atoms with Crippen LogP contribution in [0.25, 0.3) is 44.5 Å². The van der Waals surface area contributed by atoms with Gasteiger partial charge in [-0.15, -0.1) is 26.3 Å². The van der Waals surface area contributed by atoms with Crippen molar-refractivity contribution in [2.45, 2.75) is 19.1 Å². The molecule has 0 aliphatic carbocycles. The van der Waals surface area contributed by atoms with E-state index in [1.807, 2.05) is 36.4 Å². The van der Waals surface area contributed by atoms with E-state index < -0.39 is 12.7 Å². The Kier molecular flexibility index (Phi) is 13.4. The van der Waals surface area contributed by atoms with Gasteiger partial charge in [-0.3, -0.25) is 0 Å². The van der Waals surface area contributed by atoms with Crippen LogP contribution in [0.3, 0.4) is 0 Å². The third-order valence-corrected chi connectivity index (χ3v) is 13.7. The van der Waals surface area contributed by atoms with Crippen molar-refractivity contribution in [3.63, 3.8) is 0 Å². The van der Waals surface area contributed by atoms with Crippen molar-refractivity contribution in [3.8, 4) is 56.0 Å². The highest BCUT2D eigenvalue weighted by atomic mass is 127. The van der Waals surface area contributed by atoms with Crippen LogP contribution in [0.15, 0.2) is 109 Å². The van der Waals surface area contributed by atoms with Crippen LogP contribution in [-0.4, -0.2) is 12.7 Å². The fraction of sp³-hybridized carbons (Fsp3) is 0.0769. The van der Waals surface area contributed by atoms with Crippen LogP contribution < -0.4 is 9.47 Å². The Morgan fingerprint density at radius 1 is 0.358 bits per heavy atom. The highest BCUT2D eigenvalue weighted by Gasteiger charge is 2.31. The molecule has 0 aromatic heterocycles. The SMILES string of the molecule is FC(F)(F)Oc1ccc(-c2ccc(-c3cc(I)c(Cc4c(I)cc(-c5ccc(-c6ccc(OC(F)(F)F)cc6)cc5I)cc4I)c(I)c3)c(I)c2)cc1. The van der Waals surface area contributed by atoms with E-state index in [2.05, 4.69) is 169 Å². The molecule has 0 heterocycles. The van der Waals surface area contributed by atoms with Gasteiger partial charge in [0.25, 0.3) is 0 Å². The van der Waals surface area contributed by atoms with Crippen LogP contribution in [0.4, 0.5) is 26.3 Å². The molecular formula is C39H20F6I6O2. The number of ether oxygens (including phenoxy) is 2. The minimum atomic E-state index is -4.73. The number of benzene rings is 6. The zero-order valence-corrected chi connectivity index (χ0v) is 39.4. The summed E-state index contributed by atoms with van der Waals surface area (Å²) < 4.78 is 90.1. The molecule has 0 amide bonds. The second kappa shape index (κ2) is 17.2. The molecule has 0 radical (unpaired) electrons. The van der Waals surface area contributed by atoms with E-state index in [0.29, 0.717) is 0 Å². The average molecular weight is 1400 g/mol. The molecule has 0 fully saturated rings. The predicted octanol–water partition coefficient (Wildman–Crippen LogP) is 15.4. The van der Waals surface area contributed by atoms with Gasteiger partial charge >= 0.3 is 12.7 Å². The van der Waals surface area contributed by atoms with Gasteiger partial charge in [0.15, 0.2) is 0 Å². The lowest BCUT2D eigenvalue weighted by Crippen LogP contribution is -2.16. The number of rotatable bonds is 8. The van der Waals surface area contributed by atoms with E-state index >= 15 is 0 Å². The summed E-state index contributed by atoms with van der Waals surface area (Å²) in [6, 6.07) is 32.6. The second-order valence-electron chi connectivity index (χ2n) is 11.5. The summed E-state index contributed by atoms with van der Waals surface area (Å²) in [6.45, 7) is 0. The van der Waals surface area contributed by atoms with Gasteiger partial charge in [0.1, 0.15) is 11.5 Å². The van der Waals surface area contributed by atoms with E-state index in [-0.39, 0.29) is 11.5 Å². The van der Waals surface area contributed by atoms with Crippen LogP contribution in [0.2, 0.25) is 0 Å². The maximum absolute atomic E-state index is 12.6. The number of hydrogen-bond acceptors (Lipinski definition) is 2. The smallest absolute Gasteiger partial charge is 0.406 e. The summed E-state index contributed by atoms with van der Waals surface area (Å²) in [5, 5.41) is 0. The predicted molar refractivity (Wildman–Crippen MR) is 247 cm³/mol. The Morgan fingerprint density at radius 3 is 0.925 bits per heavy atom. The normalized spacial score (nSPS) is 11.8. The van der Waals surface area contributed by atoms with Crippen LogP contribution in [0, 0.1) is 21.4 Å². The molecule has 0 aliphatic rings. The van der Waals surface area contributed by atoms with E-state index in [9.17, 15) is 26.3 Å². The van der Waals surface area contributed by atoms with Crippen molar-refractivity contribution in [3.05, 3.63) is 142 Å². The topological polar surface area (TPSA) is 18.5 Å². The summed E-state index contributed by atoms with van der Waals surface area (Å²) in [5.41, 5.74) is 10.1. The molecule has 0 aliphatic heterocycles. The summed E-state index contributed by atoms with van der Waals surface area (Å²) in [6.07, 6.45) is -8.71.